The molecule has 3 aliphatic carbocycles. The fourth-order valence-corrected chi connectivity index (χ4v) is 4.80. The van der Waals surface area contributed by atoms with Gasteiger partial charge in [0.2, 0.25) is 5.91 Å². The van der Waals surface area contributed by atoms with E-state index in [4.69, 9.17) is 0 Å². The number of hydrogen-bond donors (Lipinski definition) is 1. The highest BCUT2D eigenvalue weighted by molar-refractivity contribution is 5.75. The normalized spacial score (nSPS) is 22.5. The first kappa shape index (κ1) is 15.4. The topological polar surface area (TPSA) is 46.9 Å². The van der Waals surface area contributed by atoms with Crippen LogP contribution in [-0.2, 0) is 11.3 Å². The number of benzene rings is 2. The molecule has 4 heteroatoms. The second-order valence-electron chi connectivity index (χ2n) is 7.29. The number of hydrogen-bond acceptors (Lipinski definition) is 2. The molecule has 1 unspecified atom stereocenters. The van der Waals surface area contributed by atoms with Crippen LogP contribution in [0.4, 0.5) is 0 Å². The van der Waals surface area contributed by atoms with Crippen LogP contribution < -0.4 is 5.32 Å². The third-order valence-electron chi connectivity index (χ3n) is 5.85. The summed E-state index contributed by atoms with van der Waals surface area (Å²) >= 11 is 0. The minimum Gasteiger partial charge on any atom is -0.354 e. The summed E-state index contributed by atoms with van der Waals surface area (Å²) in [5.74, 6) is 1.28. The monoisotopic (exact) mass is 343 g/mol. The molecule has 1 amide bonds. The lowest BCUT2D eigenvalue weighted by Gasteiger charge is -2.45. The van der Waals surface area contributed by atoms with Gasteiger partial charge in [-0.15, -0.1) is 0 Å². The summed E-state index contributed by atoms with van der Waals surface area (Å²) < 4.78 is 1.66. The molecule has 130 valence electrons. The third kappa shape index (κ3) is 2.45. The van der Waals surface area contributed by atoms with Gasteiger partial charge >= 0.3 is 0 Å². The SMILES string of the molecule is O=C(Cn1cccn1)NCC1CC2c3ccccc3C1c1ccccc12. The standard InChI is InChI=1S/C22H21N3O/c26-21(14-25-11-5-10-24-25)23-13-15-12-20-16-6-1-3-8-18(16)22(15)19-9-4-2-7-17(19)20/h1-11,15,20,22H,12-14H2,(H,23,26). The lowest BCUT2D eigenvalue weighted by Crippen LogP contribution is -2.40. The van der Waals surface area contributed by atoms with Crippen LogP contribution in [0.25, 0.3) is 0 Å². The van der Waals surface area contributed by atoms with E-state index < -0.39 is 0 Å². The van der Waals surface area contributed by atoms with Gasteiger partial charge < -0.3 is 5.32 Å². The van der Waals surface area contributed by atoms with Crippen molar-refractivity contribution in [2.75, 3.05) is 6.54 Å². The number of aromatic nitrogens is 2. The maximum atomic E-state index is 12.3. The first-order chi connectivity index (χ1) is 12.8. The average Bonchev–Trinajstić information content (AvgIpc) is 3.19. The highest BCUT2D eigenvalue weighted by atomic mass is 16.2. The Balaban J connectivity index is 1.39. The maximum absolute atomic E-state index is 12.3. The van der Waals surface area contributed by atoms with Crippen molar-refractivity contribution in [1.29, 1.82) is 0 Å². The molecule has 1 heterocycles. The molecule has 2 bridgehead atoms. The molecule has 4 nitrogen and oxygen atoms in total. The number of rotatable bonds is 4. The van der Waals surface area contributed by atoms with Crippen molar-refractivity contribution in [2.24, 2.45) is 5.92 Å². The van der Waals surface area contributed by atoms with E-state index in [1.807, 2.05) is 12.3 Å². The number of amides is 1. The first-order valence-corrected chi connectivity index (χ1v) is 9.23. The number of nitrogens with one attached hydrogen (secondary N) is 1. The molecule has 0 aliphatic heterocycles. The quantitative estimate of drug-likeness (QED) is 0.790. The third-order valence-corrected chi connectivity index (χ3v) is 5.85. The highest BCUT2D eigenvalue weighted by Crippen LogP contribution is 2.55. The maximum Gasteiger partial charge on any atom is 0.241 e. The molecule has 1 aromatic heterocycles. The summed E-state index contributed by atoms with van der Waals surface area (Å²) in [4.78, 5) is 12.3. The zero-order valence-corrected chi connectivity index (χ0v) is 14.5. The Kier molecular flexibility index (Phi) is 3.63. The van der Waals surface area contributed by atoms with Crippen molar-refractivity contribution in [3.8, 4) is 0 Å². The smallest absolute Gasteiger partial charge is 0.241 e. The zero-order chi connectivity index (χ0) is 17.5. The van der Waals surface area contributed by atoms with Crippen molar-refractivity contribution in [2.45, 2.75) is 24.8 Å². The van der Waals surface area contributed by atoms with E-state index in [2.05, 4.69) is 58.9 Å². The highest BCUT2D eigenvalue weighted by Gasteiger charge is 2.42. The molecule has 0 radical (unpaired) electrons. The molecule has 0 spiro atoms. The van der Waals surface area contributed by atoms with E-state index in [1.165, 1.54) is 22.3 Å². The zero-order valence-electron chi connectivity index (χ0n) is 14.5. The molecule has 2 aromatic carbocycles. The molecule has 1 N–H and O–H groups in total. The van der Waals surface area contributed by atoms with Crippen LogP contribution in [0.2, 0.25) is 0 Å². The number of carbonyl (C=O) groups excluding carboxylic acids is 1. The fraction of sp³-hybridized carbons (Fsp3) is 0.273. The van der Waals surface area contributed by atoms with Crippen LogP contribution in [0.5, 0.6) is 0 Å². The van der Waals surface area contributed by atoms with Gasteiger partial charge in [0.25, 0.3) is 0 Å². The van der Waals surface area contributed by atoms with Gasteiger partial charge in [-0.3, -0.25) is 9.48 Å². The van der Waals surface area contributed by atoms with Gasteiger partial charge in [-0.05, 0) is 40.7 Å². The van der Waals surface area contributed by atoms with Crippen LogP contribution in [0.15, 0.2) is 67.0 Å². The summed E-state index contributed by atoms with van der Waals surface area (Å²) in [6, 6.07) is 19.5. The van der Waals surface area contributed by atoms with Gasteiger partial charge in [-0.2, -0.15) is 5.10 Å². The minimum absolute atomic E-state index is 0.0247. The average molecular weight is 343 g/mol. The predicted molar refractivity (Wildman–Crippen MR) is 99.9 cm³/mol. The van der Waals surface area contributed by atoms with E-state index >= 15 is 0 Å². The number of carbonyl (C=O) groups is 1. The molecule has 3 aromatic rings. The largest absolute Gasteiger partial charge is 0.354 e. The number of nitrogens with zero attached hydrogens (tertiary/aromatic N) is 2. The minimum atomic E-state index is 0.0247. The molecule has 0 saturated heterocycles. The molecule has 3 aliphatic rings. The Hall–Kier alpha value is -2.88. The van der Waals surface area contributed by atoms with Crippen LogP contribution >= 0.6 is 0 Å². The van der Waals surface area contributed by atoms with E-state index in [9.17, 15) is 4.79 Å². The van der Waals surface area contributed by atoms with Crippen LogP contribution in [-0.4, -0.2) is 22.2 Å². The second kappa shape index (κ2) is 6.13. The molecule has 0 saturated carbocycles. The lowest BCUT2D eigenvalue weighted by atomic mass is 9.59. The molecule has 0 fully saturated rings. The molecule has 26 heavy (non-hydrogen) atoms. The molecule has 1 atom stereocenters. The Morgan fingerprint density at radius 1 is 1.00 bits per heavy atom. The van der Waals surface area contributed by atoms with Crippen molar-refractivity contribution >= 4 is 5.91 Å². The summed E-state index contributed by atoms with van der Waals surface area (Å²) in [5, 5.41) is 7.24. The number of fused-ring (bicyclic) bond motifs is 1. The van der Waals surface area contributed by atoms with Gasteiger partial charge in [0, 0.05) is 30.8 Å². The van der Waals surface area contributed by atoms with E-state index in [1.54, 1.807) is 10.9 Å². The van der Waals surface area contributed by atoms with Crippen molar-refractivity contribution in [1.82, 2.24) is 15.1 Å². The summed E-state index contributed by atoms with van der Waals surface area (Å²) in [6.07, 6.45) is 4.61. The Morgan fingerprint density at radius 2 is 1.65 bits per heavy atom. The summed E-state index contributed by atoms with van der Waals surface area (Å²) in [7, 11) is 0. The van der Waals surface area contributed by atoms with E-state index in [-0.39, 0.29) is 12.5 Å². The first-order valence-electron chi connectivity index (χ1n) is 9.23. The Morgan fingerprint density at radius 3 is 2.27 bits per heavy atom. The Labute approximate surface area is 152 Å². The van der Waals surface area contributed by atoms with E-state index in [0.717, 1.165) is 6.42 Å². The van der Waals surface area contributed by atoms with Crippen LogP contribution in [0, 0.1) is 5.92 Å². The van der Waals surface area contributed by atoms with Gasteiger partial charge in [-0.25, -0.2) is 0 Å². The van der Waals surface area contributed by atoms with Crippen LogP contribution in [0.1, 0.15) is 40.5 Å². The molecular formula is C22H21N3O. The van der Waals surface area contributed by atoms with Crippen molar-refractivity contribution in [3.63, 3.8) is 0 Å². The summed E-state index contributed by atoms with van der Waals surface area (Å²) in [5.41, 5.74) is 5.81. The Bertz CT molecular complexity index is 900. The van der Waals surface area contributed by atoms with Gasteiger partial charge in [-0.1, -0.05) is 48.5 Å². The predicted octanol–water partition coefficient (Wildman–Crippen LogP) is 3.30. The van der Waals surface area contributed by atoms with Gasteiger partial charge in [0.1, 0.15) is 6.54 Å². The van der Waals surface area contributed by atoms with Crippen LogP contribution in [0.3, 0.4) is 0 Å². The van der Waals surface area contributed by atoms with Gasteiger partial charge in [0.15, 0.2) is 0 Å². The lowest BCUT2D eigenvalue weighted by molar-refractivity contribution is -0.122. The fourth-order valence-electron chi connectivity index (χ4n) is 4.80. The molecule has 6 rings (SSSR count). The van der Waals surface area contributed by atoms with Crippen molar-refractivity contribution < 1.29 is 4.79 Å². The van der Waals surface area contributed by atoms with Gasteiger partial charge in [0.05, 0.1) is 0 Å². The second-order valence-corrected chi connectivity index (χ2v) is 7.29. The summed E-state index contributed by atoms with van der Waals surface area (Å²) in [6.45, 7) is 0.991. The molecular weight excluding hydrogens is 322 g/mol. The van der Waals surface area contributed by atoms with E-state index in [0.29, 0.717) is 24.3 Å². The van der Waals surface area contributed by atoms with Crippen molar-refractivity contribution in [3.05, 3.63) is 89.2 Å².